The molecule has 46 heavy (non-hydrogen) atoms. The summed E-state index contributed by atoms with van der Waals surface area (Å²) in [6.45, 7) is 1.47. The lowest BCUT2D eigenvalue weighted by molar-refractivity contribution is -0.291. The summed E-state index contributed by atoms with van der Waals surface area (Å²) < 4.78 is 17.7. The van der Waals surface area contributed by atoms with Crippen molar-refractivity contribution in [3.8, 4) is 17.2 Å². The summed E-state index contributed by atoms with van der Waals surface area (Å²) in [5, 5.41) is 66.8. The fourth-order valence-electron chi connectivity index (χ4n) is 6.38. The number of rotatable bonds is 6. The first-order chi connectivity index (χ1) is 22.1. The van der Waals surface area contributed by atoms with E-state index in [1.807, 2.05) is 30.3 Å². The average Bonchev–Trinajstić information content (AvgIpc) is 3.04. The molecule has 2 aliphatic heterocycles. The van der Waals surface area contributed by atoms with Gasteiger partial charge in [-0.3, -0.25) is 4.79 Å². The molecule has 0 saturated carbocycles. The van der Waals surface area contributed by atoms with Crippen LogP contribution in [-0.4, -0.2) is 97.9 Å². The number of aliphatic hydroxyl groups is 5. The molecule has 2 aliphatic rings. The Morgan fingerprint density at radius 3 is 2.46 bits per heavy atom. The number of phenols is 1. The molecule has 2 heterocycles. The highest BCUT2D eigenvalue weighted by Gasteiger charge is 2.50. The SMILES string of the molecule is COc1cc2c3c(O)c(c(C)cc3c1CO)C(=O)CCSS[C@H](Cc1ccccc1)[C@@H](CCN)[C@H](O)[C@H]1O[C@H](O2)[C@H](O)[C@@H](O)[C@@H]1O. The minimum atomic E-state index is -1.76. The summed E-state index contributed by atoms with van der Waals surface area (Å²) in [7, 11) is 4.34. The Bertz CT molecular complexity index is 1530. The van der Waals surface area contributed by atoms with Crippen LogP contribution in [0.1, 0.15) is 39.9 Å². The third-order valence-corrected chi connectivity index (χ3v) is 11.7. The number of ketones is 1. The molecule has 0 aromatic heterocycles. The van der Waals surface area contributed by atoms with E-state index >= 15 is 0 Å². The van der Waals surface area contributed by atoms with Gasteiger partial charge >= 0.3 is 0 Å². The smallest absolute Gasteiger partial charge is 0.229 e. The third kappa shape index (κ3) is 6.84. The standard InChI is InChI=1S/C33H41NO10S2/c1-16-12-19-20(15-35)22(42-2)14-23-26(19)28(38)25(16)21(36)9-11-45-46-24(13-17-6-4-3-5-7-17)18(8-10-34)27(37)32-30(40)29(39)31(41)33(43-23)44-32/h3-7,12,14,18,24,27,29-33,35,37-41H,8-11,13,15,34H2,1-2H3/t18-,24-,27+,29+,30+,31-,32-,33+/m1/s1. The van der Waals surface area contributed by atoms with Crippen LogP contribution >= 0.6 is 21.6 Å². The minimum Gasteiger partial charge on any atom is -0.506 e. The van der Waals surface area contributed by atoms with Gasteiger partial charge in [0.15, 0.2) is 5.78 Å². The van der Waals surface area contributed by atoms with Crippen LogP contribution in [0.3, 0.4) is 0 Å². The maximum Gasteiger partial charge on any atom is 0.229 e. The van der Waals surface area contributed by atoms with Gasteiger partial charge in [0.2, 0.25) is 6.29 Å². The Morgan fingerprint density at radius 1 is 1.04 bits per heavy atom. The molecular weight excluding hydrogens is 634 g/mol. The lowest BCUT2D eigenvalue weighted by Crippen LogP contribution is -2.63. The van der Waals surface area contributed by atoms with Gasteiger partial charge < -0.3 is 50.6 Å². The quantitative estimate of drug-likeness (QED) is 0.189. The highest BCUT2D eigenvalue weighted by Crippen LogP contribution is 2.46. The van der Waals surface area contributed by atoms with Crippen LogP contribution in [0.15, 0.2) is 42.5 Å². The van der Waals surface area contributed by atoms with E-state index in [1.165, 1.54) is 34.8 Å². The number of hydrogen-bond donors (Lipinski definition) is 7. The second-order valence-electron chi connectivity index (χ2n) is 11.7. The van der Waals surface area contributed by atoms with Crippen molar-refractivity contribution in [1.29, 1.82) is 0 Å². The van der Waals surface area contributed by atoms with Crippen LogP contribution in [0.4, 0.5) is 0 Å². The second-order valence-corrected chi connectivity index (χ2v) is 14.4. The number of aryl methyl sites for hydroxylation is 1. The number of fused-ring (bicyclic) bond motifs is 3. The monoisotopic (exact) mass is 675 g/mol. The van der Waals surface area contributed by atoms with Crippen LogP contribution in [0.25, 0.3) is 10.8 Å². The summed E-state index contributed by atoms with van der Waals surface area (Å²) >= 11 is 0. The molecule has 0 spiro atoms. The molecule has 11 nitrogen and oxygen atoms in total. The van der Waals surface area contributed by atoms with E-state index in [0.29, 0.717) is 35.1 Å². The number of hydrogen-bond acceptors (Lipinski definition) is 13. The van der Waals surface area contributed by atoms with Gasteiger partial charge in [0.1, 0.15) is 41.7 Å². The van der Waals surface area contributed by atoms with Crippen LogP contribution in [0.5, 0.6) is 17.2 Å². The first-order valence-electron chi connectivity index (χ1n) is 15.2. The predicted molar refractivity (Wildman–Crippen MR) is 176 cm³/mol. The molecule has 1 fully saturated rings. The van der Waals surface area contributed by atoms with E-state index in [2.05, 4.69) is 0 Å². The van der Waals surface area contributed by atoms with Gasteiger partial charge in [0, 0.05) is 35.0 Å². The molecule has 4 bridgehead atoms. The van der Waals surface area contributed by atoms with E-state index in [0.717, 1.165) is 5.56 Å². The number of phenolic OH excluding ortho intramolecular Hbond substituents is 1. The van der Waals surface area contributed by atoms with E-state index in [1.54, 1.807) is 13.0 Å². The van der Waals surface area contributed by atoms with E-state index in [-0.39, 0.29) is 52.2 Å². The van der Waals surface area contributed by atoms with Gasteiger partial charge in [-0.25, -0.2) is 0 Å². The molecule has 0 amide bonds. The zero-order valence-electron chi connectivity index (χ0n) is 25.6. The summed E-state index contributed by atoms with van der Waals surface area (Å²) in [5.74, 6) is -0.641. The van der Waals surface area contributed by atoms with Crippen molar-refractivity contribution in [1.82, 2.24) is 0 Å². The average molecular weight is 676 g/mol. The Balaban J connectivity index is 1.65. The van der Waals surface area contributed by atoms with Crippen LogP contribution < -0.4 is 15.2 Å². The molecule has 8 atom stereocenters. The number of methoxy groups -OCH3 is 1. The summed E-state index contributed by atoms with van der Waals surface area (Å²) in [4.78, 5) is 13.6. The maximum atomic E-state index is 13.6. The van der Waals surface area contributed by atoms with E-state index in [9.17, 15) is 35.4 Å². The zero-order chi connectivity index (χ0) is 33.1. The van der Waals surface area contributed by atoms with Crippen molar-refractivity contribution >= 4 is 38.1 Å². The molecular formula is C33H41NO10S2. The normalized spacial score (nSPS) is 29.1. The van der Waals surface area contributed by atoms with Crippen LogP contribution in [0, 0.1) is 12.8 Å². The fraction of sp³-hybridized carbons (Fsp3) is 0.485. The minimum absolute atomic E-state index is 0.0611. The van der Waals surface area contributed by atoms with Gasteiger partial charge in [-0.15, -0.1) is 0 Å². The second kappa shape index (κ2) is 15.1. The molecule has 8 N–H and O–H groups in total. The first kappa shape index (κ1) is 34.7. The van der Waals surface area contributed by atoms with Crippen LogP contribution in [0.2, 0.25) is 0 Å². The third-order valence-electron chi connectivity index (χ3n) is 8.77. The van der Waals surface area contributed by atoms with E-state index < -0.39 is 49.3 Å². The van der Waals surface area contributed by atoms with Crippen molar-refractivity contribution in [2.24, 2.45) is 11.7 Å². The largest absolute Gasteiger partial charge is 0.506 e. The Hall–Kier alpha value is -2.59. The lowest BCUT2D eigenvalue weighted by atomic mass is 9.84. The number of ether oxygens (including phenoxy) is 3. The number of nitrogens with two attached hydrogens (primary N) is 1. The lowest BCUT2D eigenvalue weighted by Gasteiger charge is -2.44. The summed E-state index contributed by atoms with van der Waals surface area (Å²) in [6, 6.07) is 12.8. The molecule has 0 unspecified atom stereocenters. The molecule has 5 rings (SSSR count). The van der Waals surface area contributed by atoms with Crippen LogP contribution in [-0.2, 0) is 17.8 Å². The highest BCUT2D eigenvalue weighted by atomic mass is 33.1. The Labute approximate surface area is 275 Å². The Kier molecular flexibility index (Phi) is 11.4. The van der Waals surface area contributed by atoms with Crippen molar-refractivity contribution in [2.75, 3.05) is 19.4 Å². The van der Waals surface area contributed by atoms with Gasteiger partial charge in [0.05, 0.1) is 30.8 Å². The summed E-state index contributed by atoms with van der Waals surface area (Å²) in [5.41, 5.74) is 7.96. The molecule has 3 aromatic carbocycles. The van der Waals surface area contributed by atoms with Gasteiger partial charge in [-0.1, -0.05) is 51.9 Å². The summed E-state index contributed by atoms with van der Waals surface area (Å²) in [6.07, 6.45) is -8.51. The molecule has 250 valence electrons. The predicted octanol–water partition coefficient (Wildman–Crippen LogP) is 2.45. The number of Topliss-reactive ketones (excluding diaryl/α,β-unsaturated/α-hetero) is 1. The number of aromatic hydroxyl groups is 1. The first-order valence-corrected chi connectivity index (χ1v) is 17.6. The van der Waals surface area contributed by atoms with Gasteiger partial charge in [0.25, 0.3) is 0 Å². The topological polar surface area (TPSA) is 192 Å². The zero-order valence-corrected chi connectivity index (χ0v) is 27.2. The van der Waals surface area contributed by atoms with E-state index in [4.69, 9.17) is 19.9 Å². The number of aliphatic hydroxyl groups excluding tert-OH is 5. The van der Waals surface area contributed by atoms with Crippen molar-refractivity contribution < 1.29 is 49.6 Å². The Morgan fingerprint density at radius 2 is 1.78 bits per heavy atom. The van der Waals surface area contributed by atoms with Crippen molar-refractivity contribution in [2.45, 2.75) is 74.9 Å². The van der Waals surface area contributed by atoms with Gasteiger partial charge in [-0.2, -0.15) is 0 Å². The van der Waals surface area contributed by atoms with Gasteiger partial charge in [-0.05, 0) is 48.9 Å². The number of benzene rings is 3. The molecule has 0 radical (unpaired) electrons. The molecule has 0 aliphatic carbocycles. The number of carbonyl (C=O) groups excluding carboxylic acids is 1. The highest BCUT2D eigenvalue weighted by molar-refractivity contribution is 8.76. The van der Waals surface area contributed by atoms with Crippen molar-refractivity contribution in [3.05, 3.63) is 64.7 Å². The number of carbonyl (C=O) groups is 1. The molecule has 13 heteroatoms. The molecule has 1 saturated heterocycles. The fourth-order valence-corrected chi connectivity index (χ4v) is 9.31. The maximum absolute atomic E-state index is 13.6. The molecule has 3 aromatic rings. The van der Waals surface area contributed by atoms with Crippen molar-refractivity contribution in [3.63, 3.8) is 0 Å².